The van der Waals surface area contributed by atoms with Gasteiger partial charge in [-0.1, -0.05) is 36.8 Å². The van der Waals surface area contributed by atoms with E-state index in [9.17, 15) is 19.8 Å². The first-order valence-electron chi connectivity index (χ1n) is 12.4. The van der Waals surface area contributed by atoms with E-state index in [0.717, 1.165) is 11.1 Å². The maximum Gasteiger partial charge on any atom is 0.220 e. The molecule has 11 heteroatoms. The van der Waals surface area contributed by atoms with Gasteiger partial charge in [0, 0.05) is 32.9 Å². The van der Waals surface area contributed by atoms with Gasteiger partial charge in [0.1, 0.15) is 24.3 Å². The maximum atomic E-state index is 12.7. The number of hydrogen-bond donors (Lipinski definition) is 3. The minimum absolute atomic E-state index is 0.00297. The van der Waals surface area contributed by atoms with Crippen LogP contribution in [0.25, 0.3) is 11.2 Å². The summed E-state index contributed by atoms with van der Waals surface area (Å²) in [7, 11) is 3.67. The van der Waals surface area contributed by atoms with E-state index in [2.05, 4.69) is 20.3 Å². The number of anilines is 1. The van der Waals surface area contributed by atoms with Crippen molar-refractivity contribution >= 4 is 28.7 Å². The van der Waals surface area contributed by atoms with E-state index in [1.54, 1.807) is 9.47 Å². The molecule has 5 atom stereocenters. The van der Waals surface area contributed by atoms with Crippen molar-refractivity contribution in [3.05, 3.63) is 48.0 Å². The first kappa shape index (κ1) is 26.6. The Morgan fingerprint density at radius 1 is 1.16 bits per heavy atom. The minimum atomic E-state index is -1.17. The summed E-state index contributed by atoms with van der Waals surface area (Å²) in [6.07, 6.45) is 0.642. The lowest BCUT2D eigenvalue weighted by atomic mass is 9.94. The third-order valence-electron chi connectivity index (χ3n) is 6.73. The van der Waals surface area contributed by atoms with Gasteiger partial charge in [0.2, 0.25) is 5.91 Å². The van der Waals surface area contributed by atoms with E-state index < -0.39 is 37.0 Å². The molecule has 3 heterocycles. The number of rotatable bonds is 10. The molecular formula is C26H34N6O5. The molecule has 1 aromatic carbocycles. The number of aromatic nitrogens is 4. The summed E-state index contributed by atoms with van der Waals surface area (Å²) >= 11 is 0. The van der Waals surface area contributed by atoms with Crippen molar-refractivity contribution in [3.8, 4) is 0 Å². The van der Waals surface area contributed by atoms with Gasteiger partial charge in [-0.25, -0.2) is 15.0 Å². The molecule has 0 radical (unpaired) electrons. The quantitative estimate of drug-likeness (QED) is 0.366. The van der Waals surface area contributed by atoms with Crippen molar-refractivity contribution in [2.24, 2.45) is 5.92 Å². The lowest BCUT2D eigenvalue weighted by Gasteiger charge is -2.21. The van der Waals surface area contributed by atoms with Gasteiger partial charge in [0.25, 0.3) is 0 Å². The Morgan fingerprint density at radius 2 is 1.89 bits per heavy atom. The summed E-state index contributed by atoms with van der Waals surface area (Å²) in [5, 5.41) is 23.6. The molecule has 1 fully saturated rings. The van der Waals surface area contributed by atoms with Crippen LogP contribution in [-0.4, -0.2) is 80.4 Å². The number of ketones is 1. The monoisotopic (exact) mass is 510 g/mol. The van der Waals surface area contributed by atoms with Gasteiger partial charge in [-0.05, 0) is 18.9 Å². The highest BCUT2D eigenvalue weighted by Gasteiger charge is 2.45. The Morgan fingerprint density at radius 3 is 2.57 bits per heavy atom. The van der Waals surface area contributed by atoms with Crippen LogP contribution >= 0.6 is 0 Å². The molecular weight excluding hydrogens is 476 g/mol. The largest absolute Gasteiger partial charge is 0.394 e. The Bertz CT molecular complexity index is 1240. The number of amides is 1. The maximum absolute atomic E-state index is 12.7. The van der Waals surface area contributed by atoms with Crippen LogP contribution in [0.3, 0.4) is 0 Å². The number of aryl methyl sites for hydroxylation is 1. The highest BCUT2D eigenvalue weighted by Crippen LogP contribution is 2.32. The number of fused-ring (bicyclic) bond motifs is 1. The number of nitrogens with zero attached hydrogens (tertiary/aromatic N) is 5. The van der Waals surface area contributed by atoms with Crippen molar-refractivity contribution in [3.63, 3.8) is 0 Å². The van der Waals surface area contributed by atoms with Crippen molar-refractivity contribution in [2.75, 3.05) is 25.6 Å². The van der Waals surface area contributed by atoms with Gasteiger partial charge >= 0.3 is 0 Å². The average Bonchev–Trinajstić information content (AvgIpc) is 3.44. The highest BCUT2D eigenvalue weighted by molar-refractivity contribution is 5.86. The molecule has 1 aliphatic heterocycles. The lowest BCUT2D eigenvalue weighted by molar-refractivity contribution is -0.128. The number of imidazole rings is 1. The third-order valence-corrected chi connectivity index (χ3v) is 6.73. The molecule has 3 N–H and O–H groups in total. The molecule has 11 nitrogen and oxygen atoms in total. The van der Waals surface area contributed by atoms with E-state index in [1.807, 2.05) is 52.2 Å². The zero-order valence-electron chi connectivity index (χ0n) is 21.5. The third kappa shape index (κ3) is 5.79. The number of benzene rings is 1. The Balaban J connectivity index is 1.37. The van der Waals surface area contributed by atoms with E-state index in [0.29, 0.717) is 23.4 Å². The number of aliphatic hydroxyl groups is 2. The molecule has 1 aliphatic rings. The molecule has 3 aromatic rings. The van der Waals surface area contributed by atoms with Crippen molar-refractivity contribution in [2.45, 2.75) is 57.6 Å². The predicted molar refractivity (Wildman–Crippen MR) is 137 cm³/mol. The molecule has 37 heavy (non-hydrogen) atoms. The molecule has 2 aromatic heterocycles. The van der Waals surface area contributed by atoms with Gasteiger partial charge in [0.15, 0.2) is 23.2 Å². The standard InChI is InChI=1S/C26H34N6O5/c1-15-5-7-17(8-6-15)11-16(2)18(34)9-10-20(35)30-21-19(12-33)37-26(23(21)36)32-14-29-22-24(31(3)4)27-13-28-25(22)32/h5-8,13-14,16,19,21,23,26,33,36H,9-12H2,1-4H3,(H,30,35)/t16-,19+,21-,23?,26+/m0/s1. The fourth-order valence-electron chi connectivity index (χ4n) is 4.59. The smallest absolute Gasteiger partial charge is 0.220 e. The second kappa shape index (κ2) is 11.3. The molecule has 4 rings (SSSR count). The van der Waals surface area contributed by atoms with Crippen molar-refractivity contribution in [1.29, 1.82) is 0 Å². The molecule has 0 spiro atoms. The second-order valence-corrected chi connectivity index (χ2v) is 9.80. The SMILES string of the molecule is Cc1ccc(C[C@H](C)C(=O)CCC(=O)N[C@@H]2C(O)[C@H](n3cnc4c(N(C)C)ncnc43)O[C@@H]2CO)cc1. The fourth-order valence-corrected chi connectivity index (χ4v) is 4.59. The van der Waals surface area contributed by atoms with Gasteiger partial charge < -0.3 is 25.2 Å². The van der Waals surface area contributed by atoms with Gasteiger partial charge in [-0.2, -0.15) is 0 Å². The number of aliphatic hydroxyl groups excluding tert-OH is 2. The van der Waals surface area contributed by atoms with E-state index in [4.69, 9.17) is 4.74 Å². The summed E-state index contributed by atoms with van der Waals surface area (Å²) in [5.74, 6) is 0.00209. The zero-order valence-corrected chi connectivity index (χ0v) is 21.5. The first-order chi connectivity index (χ1) is 17.7. The van der Waals surface area contributed by atoms with E-state index in [1.165, 1.54) is 12.7 Å². The van der Waals surface area contributed by atoms with Crippen LogP contribution in [0.5, 0.6) is 0 Å². The Labute approximate surface area is 215 Å². The number of Topliss-reactive ketones (excluding diaryl/α,β-unsaturated/α-hetero) is 1. The van der Waals surface area contributed by atoms with Crippen LogP contribution < -0.4 is 10.2 Å². The number of carbonyl (C=O) groups excluding carboxylic acids is 2. The fraction of sp³-hybridized carbons (Fsp3) is 0.500. The topological polar surface area (TPSA) is 143 Å². The van der Waals surface area contributed by atoms with E-state index >= 15 is 0 Å². The molecule has 1 unspecified atom stereocenters. The van der Waals surface area contributed by atoms with Gasteiger partial charge in [-0.15, -0.1) is 0 Å². The first-order valence-corrected chi connectivity index (χ1v) is 12.4. The van der Waals surface area contributed by atoms with Crippen LogP contribution in [0.4, 0.5) is 5.82 Å². The van der Waals surface area contributed by atoms with Crippen LogP contribution in [-0.2, 0) is 20.7 Å². The Hall–Kier alpha value is -3.41. The van der Waals surface area contributed by atoms with Crippen LogP contribution in [0, 0.1) is 12.8 Å². The molecule has 198 valence electrons. The van der Waals surface area contributed by atoms with Crippen LogP contribution in [0.2, 0.25) is 0 Å². The number of ether oxygens (including phenoxy) is 1. The zero-order chi connectivity index (χ0) is 26.7. The van der Waals surface area contributed by atoms with Crippen molar-refractivity contribution in [1.82, 2.24) is 24.8 Å². The lowest BCUT2D eigenvalue weighted by Crippen LogP contribution is -2.48. The van der Waals surface area contributed by atoms with Crippen LogP contribution in [0.1, 0.15) is 37.1 Å². The summed E-state index contributed by atoms with van der Waals surface area (Å²) < 4.78 is 7.46. The van der Waals surface area contributed by atoms with Gasteiger partial charge in [-0.3, -0.25) is 14.2 Å². The van der Waals surface area contributed by atoms with Gasteiger partial charge in [0.05, 0.1) is 19.0 Å². The molecule has 1 saturated heterocycles. The van der Waals surface area contributed by atoms with Crippen molar-refractivity contribution < 1.29 is 24.5 Å². The van der Waals surface area contributed by atoms with E-state index in [-0.39, 0.29) is 24.5 Å². The molecule has 0 aliphatic carbocycles. The molecule has 1 amide bonds. The Kier molecular flexibility index (Phi) is 8.16. The summed E-state index contributed by atoms with van der Waals surface area (Å²) in [6.45, 7) is 3.47. The normalized spacial score (nSPS) is 22.2. The molecule has 0 bridgehead atoms. The minimum Gasteiger partial charge on any atom is -0.394 e. The number of nitrogens with one attached hydrogen (secondary N) is 1. The summed E-state index contributed by atoms with van der Waals surface area (Å²) in [5.41, 5.74) is 3.23. The second-order valence-electron chi connectivity index (χ2n) is 9.80. The molecule has 0 saturated carbocycles. The predicted octanol–water partition coefficient (Wildman–Crippen LogP) is 1.16. The highest BCUT2D eigenvalue weighted by atomic mass is 16.5. The average molecular weight is 511 g/mol. The summed E-state index contributed by atoms with van der Waals surface area (Å²) in [4.78, 5) is 40.0. The van der Waals surface area contributed by atoms with Crippen LogP contribution in [0.15, 0.2) is 36.9 Å². The number of hydrogen-bond acceptors (Lipinski definition) is 9. The number of carbonyl (C=O) groups is 2. The summed E-state index contributed by atoms with van der Waals surface area (Å²) in [6, 6.07) is 7.18.